The molecule has 3 heteroatoms. The Morgan fingerprint density at radius 3 is 2.65 bits per heavy atom. The van der Waals surface area contributed by atoms with Crippen LogP contribution in [0.25, 0.3) is 5.32 Å². The average Bonchev–Trinajstić information content (AvgIpc) is 2.62. The van der Waals surface area contributed by atoms with E-state index in [1.54, 1.807) is 0 Å². The van der Waals surface area contributed by atoms with Crippen LogP contribution in [0.1, 0.15) is 27.2 Å². The monoisotopic (exact) mass is 323 g/mol. The molecule has 1 rings (SSSR count). The van der Waals surface area contributed by atoms with Gasteiger partial charge in [0.15, 0.2) is 0 Å². The Kier molecular flexibility index (Phi) is 18.7. The Morgan fingerprint density at radius 1 is 1.35 bits per heavy atom. The van der Waals surface area contributed by atoms with E-state index in [1.807, 2.05) is 38.6 Å². The molecule has 1 aliphatic rings. The van der Waals surface area contributed by atoms with Crippen LogP contribution < -0.4 is 58.2 Å². The molecule has 0 aliphatic carbocycles. The van der Waals surface area contributed by atoms with E-state index >= 15 is 0 Å². The van der Waals surface area contributed by atoms with Crippen molar-refractivity contribution < 1.29 is 58.2 Å². The zero-order valence-electron chi connectivity index (χ0n) is 11.8. The summed E-state index contributed by atoms with van der Waals surface area (Å²) in [6.45, 7) is 11.9. The number of thioether (sulfide) groups is 1. The maximum atomic E-state index is 4.42. The summed E-state index contributed by atoms with van der Waals surface area (Å²) in [6, 6.07) is 0. The molecule has 1 saturated heterocycles. The molecule has 1 unspecified atom stereocenters. The largest absolute Gasteiger partial charge is 1.00 e. The van der Waals surface area contributed by atoms with E-state index in [2.05, 4.69) is 30.1 Å². The summed E-state index contributed by atoms with van der Waals surface area (Å²) in [4.78, 5) is 0. The number of nitrogens with zero attached hydrogens (tertiary/aromatic N) is 1. The van der Waals surface area contributed by atoms with Crippen LogP contribution in [-0.2, 0) is 0 Å². The van der Waals surface area contributed by atoms with Crippen LogP contribution in [0.4, 0.5) is 0 Å². The minimum absolute atomic E-state index is 0. The molecule has 0 radical (unpaired) electrons. The van der Waals surface area contributed by atoms with Gasteiger partial charge >= 0.3 is 58.2 Å². The van der Waals surface area contributed by atoms with Gasteiger partial charge in [-0.05, 0) is 18.2 Å². The van der Waals surface area contributed by atoms with E-state index < -0.39 is 0 Å². The van der Waals surface area contributed by atoms with Gasteiger partial charge in [-0.1, -0.05) is 51.2 Å². The molecule has 0 bridgehead atoms. The molecule has 1 atom stereocenters. The van der Waals surface area contributed by atoms with Crippen LogP contribution in [0.3, 0.4) is 0 Å². The molecule has 0 saturated carbocycles. The van der Waals surface area contributed by atoms with Gasteiger partial charge < -0.3 is 5.32 Å². The van der Waals surface area contributed by atoms with Gasteiger partial charge in [0.2, 0.25) is 0 Å². The average molecular weight is 324 g/mol. The van der Waals surface area contributed by atoms with E-state index in [4.69, 9.17) is 0 Å². The number of rotatable bonds is 3. The number of hydrogen-bond donors (Lipinski definition) is 0. The van der Waals surface area contributed by atoms with Crippen molar-refractivity contribution in [3.05, 3.63) is 41.8 Å². The second-order valence-electron chi connectivity index (χ2n) is 3.22. The summed E-state index contributed by atoms with van der Waals surface area (Å²) in [7, 11) is 0. The molecule has 17 heavy (non-hydrogen) atoms. The van der Waals surface area contributed by atoms with Crippen LogP contribution in [0.15, 0.2) is 36.5 Å². The summed E-state index contributed by atoms with van der Waals surface area (Å²) in [6.07, 6.45) is 9.42. The normalized spacial score (nSPS) is 20.9. The number of hydrogen-bond acceptors (Lipinski definition) is 1. The molecule has 0 aromatic rings. The Morgan fingerprint density at radius 2 is 2.06 bits per heavy atom. The van der Waals surface area contributed by atoms with Crippen molar-refractivity contribution in [2.45, 2.75) is 32.4 Å². The maximum absolute atomic E-state index is 4.42. The van der Waals surface area contributed by atoms with Crippen molar-refractivity contribution in [3.63, 3.8) is 0 Å². The van der Waals surface area contributed by atoms with Gasteiger partial charge in [0.05, 0.1) is 0 Å². The first kappa shape index (κ1) is 20.6. The first-order chi connectivity index (χ1) is 7.88. The summed E-state index contributed by atoms with van der Waals surface area (Å²) in [5.41, 5.74) is 1.34. The van der Waals surface area contributed by atoms with Crippen LogP contribution in [0, 0.1) is 0 Å². The first-order valence-electron chi connectivity index (χ1n) is 6.08. The van der Waals surface area contributed by atoms with Crippen molar-refractivity contribution in [1.82, 2.24) is 0 Å². The zero-order chi connectivity index (χ0) is 12.2. The molecule has 0 aromatic carbocycles. The topological polar surface area (TPSA) is 14.1 Å². The molecule has 92 valence electrons. The number of allylic oxidation sites excluding steroid dienone is 4. The molecular weight excluding hydrogens is 300 g/mol. The Labute approximate surface area is 160 Å². The van der Waals surface area contributed by atoms with Crippen molar-refractivity contribution >= 4 is 11.8 Å². The predicted octanol–water partition coefficient (Wildman–Crippen LogP) is 1.58. The first-order valence-corrected chi connectivity index (χ1v) is 7.13. The molecule has 0 amide bonds. The summed E-state index contributed by atoms with van der Waals surface area (Å²) < 4.78 is 0. The van der Waals surface area contributed by atoms with Gasteiger partial charge in [-0.15, -0.1) is 13.1 Å². The molecule has 0 aromatic heterocycles. The van der Waals surface area contributed by atoms with Crippen molar-refractivity contribution in [2.75, 3.05) is 18.8 Å². The quantitative estimate of drug-likeness (QED) is 0.719. The fourth-order valence-electron chi connectivity index (χ4n) is 1.44. The second-order valence-corrected chi connectivity index (χ2v) is 4.53. The van der Waals surface area contributed by atoms with E-state index in [1.165, 1.54) is 5.57 Å². The SMILES string of the molecule is C=C/C(=C\C=C/C)C1CC[N-]CCS1.CC.[Rb+]. The second kappa shape index (κ2) is 15.4. The van der Waals surface area contributed by atoms with Crippen LogP contribution in [-0.4, -0.2) is 24.1 Å². The molecule has 0 spiro atoms. The predicted molar refractivity (Wildman–Crippen MR) is 78.4 cm³/mol. The van der Waals surface area contributed by atoms with Gasteiger partial charge in [-0.3, -0.25) is 0 Å². The zero-order valence-corrected chi connectivity index (χ0v) is 17.5. The van der Waals surface area contributed by atoms with Crippen molar-refractivity contribution in [2.24, 2.45) is 0 Å². The van der Waals surface area contributed by atoms with Crippen molar-refractivity contribution in [3.8, 4) is 0 Å². The third-order valence-corrected chi connectivity index (χ3v) is 3.53. The van der Waals surface area contributed by atoms with Gasteiger partial charge in [0.1, 0.15) is 0 Å². The standard InChI is InChI=1S/C12H18NS.C2H6.Rb/c1-3-5-6-11(4-2)12-7-8-13-9-10-14-12;1-2;/h3-6,12H,2,7-10H2,1H3;1-2H3;/q-1;;+1/b5-3-,11-6+;;. The fourth-order valence-corrected chi connectivity index (χ4v) is 2.60. The van der Waals surface area contributed by atoms with E-state index in [0.29, 0.717) is 5.25 Å². The Hall–Kier alpha value is 1.34. The molecular formula is C14H24NRbS. The third-order valence-electron chi connectivity index (χ3n) is 2.21. The molecule has 1 aliphatic heterocycles. The minimum Gasteiger partial charge on any atom is -0.662 e. The van der Waals surface area contributed by atoms with Gasteiger partial charge in [-0.25, -0.2) is 0 Å². The molecule has 1 heterocycles. The third kappa shape index (κ3) is 9.86. The van der Waals surface area contributed by atoms with E-state index in [9.17, 15) is 0 Å². The Bertz CT molecular complexity index is 228. The van der Waals surface area contributed by atoms with Gasteiger partial charge in [-0.2, -0.15) is 11.8 Å². The van der Waals surface area contributed by atoms with Crippen molar-refractivity contribution in [1.29, 1.82) is 0 Å². The summed E-state index contributed by atoms with van der Waals surface area (Å²) in [5.74, 6) is 1.14. The van der Waals surface area contributed by atoms with Gasteiger partial charge in [0.25, 0.3) is 0 Å². The van der Waals surface area contributed by atoms with E-state index in [0.717, 1.165) is 25.3 Å². The summed E-state index contributed by atoms with van der Waals surface area (Å²) in [5, 5.41) is 5.01. The minimum atomic E-state index is 0. The fraction of sp³-hybridized carbons (Fsp3) is 0.571. The maximum Gasteiger partial charge on any atom is 1.00 e. The van der Waals surface area contributed by atoms with Crippen LogP contribution >= 0.6 is 11.8 Å². The smallest absolute Gasteiger partial charge is 0.662 e. The Balaban J connectivity index is 0. The molecule has 0 N–H and O–H groups in total. The molecule has 1 nitrogen and oxygen atoms in total. The van der Waals surface area contributed by atoms with Crippen LogP contribution in [0.5, 0.6) is 0 Å². The van der Waals surface area contributed by atoms with E-state index in [-0.39, 0.29) is 58.2 Å². The van der Waals surface area contributed by atoms with Gasteiger partial charge in [0, 0.05) is 5.25 Å². The van der Waals surface area contributed by atoms with Crippen LogP contribution in [0.2, 0.25) is 0 Å². The molecule has 1 fully saturated rings. The summed E-state index contributed by atoms with van der Waals surface area (Å²) >= 11 is 2.00.